The molecule has 8 heteroatoms. The molecule has 1 saturated heterocycles. The number of hydrogen-bond donors (Lipinski definition) is 2. The first-order valence-electron chi connectivity index (χ1n) is 7.13. The van der Waals surface area contributed by atoms with Gasteiger partial charge in [0, 0.05) is 23.2 Å². The Kier molecular flexibility index (Phi) is 6.12. The van der Waals surface area contributed by atoms with E-state index in [1.807, 2.05) is 12.1 Å². The average molecular weight is 384 g/mol. The maximum Gasteiger partial charge on any atom is 0.307 e. The first kappa shape index (κ1) is 17.4. The van der Waals surface area contributed by atoms with Gasteiger partial charge in [-0.25, -0.2) is 0 Å². The summed E-state index contributed by atoms with van der Waals surface area (Å²) in [5.41, 5.74) is 0.662. The highest BCUT2D eigenvalue weighted by molar-refractivity contribution is 9.10. The van der Waals surface area contributed by atoms with Crippen LogP contribution in [0.1, 0.15) is 6.42 Å². The maximum absolute atomic E-state index is 12.2. The van der Waals surface area contributed by atoms with E-state index >= 15 is 0 Å². The fourth-order valence-corrected chi connectivity index (χ4v) is 2.76. The largest absolute Gasteiger partial charge is 0.469 e. The minimum atomic E-state index is -0.690. The van der Waals surface area contributed by atoms with Crippen molar-refractivity contribution in [2.45, 2.75) is 12.5 Å². The normalized spacial score (nSPS) is 18.2. The monoisotopic (exact) mass is 383 g/mol. The second-order valence-electron chi connectivity index (χ2n) is 5.12. The van der Waals surface area contributed by atoms with E-state index in [1.165, 1.54) is 7.11 Å². The molecule has 1 aliphatic heterocycles. The second kappa shape index (κ2) is 8.07. The van der Waals surface area contributed by atoms with Crippen LogP contribution in [0, 0.1) is 0 Å². The Labute approximate surface area is 142 Å². The molecule has 2 N–H and O–H groups in total. The van der Waals surface area contributed by atoms with E-state index in [2.05, 4.69) is 31.3 Å². The van der Waals surface area contributed by atoms with Crippen LogP contribution in [0.25, 0.3) is 0 Å². The fraction of sp³-hybridized carbons (Fsp3) is 0.400. The Hall–Kier alpha value is -1.93. The molecular formula is C15H18BrN3O4. The lowest BCUT2D eigenvalue weighted by atomic mass is 10.1. The van der Waals surface area contributed by atoms with Crippen molar-refractivity contribution in [1.82, 2.24) is 10.2 Å². The number of nitrogens with one attached hydrogen (secondary N) is 2. The van der Waals surface area contributed by atoms with E-state index in [9.17, 15) is 14.4 Å². The average Bonchev–Trinajstić information content (AvgIpc) is 2.50. The van der Waals surface area contributed by atoms with Gasteiger partial charge >= 0.3 is 5.97 Å². The van der Waals surface area contributed by atoms with Crippen molar-refractivity contribution < 1.29 is 19.1 Å². The van der Waals surface area contributed by atoms with Gasteiger partial charge in [0.1, 0.15) is 6.04 Å². The van der Waals surface area contributed by atoms with Crippen LogP contribution in [-0.4, -0.2) is 55.5 Å². The lowest BCUT2D eigenvalue weighted by Crippen LogP contribution is -2.57. The third-order valence-electron chi connectivity index (χ3n) is 3.48. The molecule has 124 valence electrons. The molecule has 1 aromatic carbocycles. The minimum absolute atomic E-state index is 0.0294. The van der Waals surface area contributed by atoms with Crippen LogP contribution in [0.5, 0.6) is 0 Å². The van der Waals surface area contributed by atoms with Gasteiger partial charge in [0.05, 0.1) is 20.1 Å². The van der Waals surface area contributed by atoms with Crippen molar-refractivity contribution in [3.05, 3.63) is 28.7 Å². The minimum Gasteiger partial charge on any atom is -0.469 e. The Morgan fingerprint density at radius 3 is 2.96 bits per heavy atom. The summed E-state index contributed by atoms with van der Waals surface area (Å²) in [4.78, 5) is 37.3. The molecule has 1 heterocycles. The molecule has 0 aromatic heterocycles. The Morgan fingerprint density at radius 2 is 2.26 bits per heavy atom. The standard InChI is InChI=1S/C15H18BrN3O4/c1-23-14(21)8-12-15(22)17-5-6-19(12)9-13(20)18-11-4-2-3-10(16)7-11/h2-4,7,12H,5-6,8-9H2,1H3,(H,17,22)(H,18,20)/t12-/m1/s1. The van der Waals surface area contributed by atoms with Crippen molar-refractivity contribution in [1.29, 1.82) is 0 Å². The van der Waals surface area contributed by atoms with Gasteiger partial charge in [0.15, 0.2) is 0 Å². The summed E-state index contributed by atoms with van der Waals surface area (Å²) in [6.45, 7) is 0.974. The van der Waals surface area contributed by atoms with Crippen molar-refractivity contribution >= 4 is 39.4 Å². The second-order valence-corrected chi connectivity index (χ2v) is 6.03. The van der Waals surface area contributed by atoms with Gasteiger partial charge in [-0.15, -0.1) is 0 Å². The number of esters is 1. The summed E-state index contributed by atoms with van der Waals surface area (Å²) in [5.74, 6) is -0.992. The van der Waals surface area contributed by atoms with Crippen molar-refractivity contribution in [2.24, 2.45) is 0 Å². The molecule has 1 atom stereocenters. The number of anilines is 1. The molecule has 0 bridgehead atoms. The SMILES string of the molecule is COC(=O)C[C@@H]1C(=O)NCCN1CC(=O)Nc1cccc(Br)c1. The number of rotatable bonds is 5. The molecule has 0 saturated carbocycles. The molecule has 1 aromatic rings. The van der Waals surface area contributed by atoms with Gasteiger partial charge in [0.2, 0.25) is 11.8 Å². The smallest absolute Gasteiger partial charge is 0.307 e. The zero-order valence-electron chi connectivity index (χ0n) is 12.7. The lowest BCUT2D eigenvalue weighted by molar-refractivity contribution is -0.146. The number of piperazine rings is 1. The summed E-state index contributed by atoms with van der Waals surface area (Å²) in [5, 5.41) is 5.47. The number of nitrogens with zero attached hydrogens (tertiary/aromatic N) is 1. The molecule has 2 rings (SSSR count). The summed E-state index contributed by atoms with van der Waals surface area (Å²) < 4.78 is 5.47. The predicted octanol–water partition coefficient (Wildman–Crippen LogP) is 0.751. The zero-order valence-corrected chi connectivity index (χ0v) is 14.3. The molecule has 1 fully saturated rings. The number of halogens is 1. The van der Waals surface area contributed by atoms with Crippen molar-refractivity contribution in [3.63, 3.8) is 0 Å². The van der Waals surface area contributed by atoms with E-state index in [-0.39, 0.29) is 24.8 Å². The topological polar surface area (TPSA) is 87.7 Å². The molecule has 0 spiro atoms. The van der Waals surface area contributed by atoms with Crippen LogP contribution >= 0.6 is 15.9 Å². The quantitative estimate of drug-likeness (QED) is 0.732. The summed E-state index contributed by atoms with van der Waals surface area (Å²) in [7, 11) is 1.27. The van der Waals surface area contributed by atoms with Crippen LogP contribution in [-0.2, 0) is 19.1 Å². The van der Waals surface area contributed by atoms with E-state index in [1.54, 1.807) is 17.0 Å². The van der Waals surface area contributed by atoms with E-state index in [0.717, 1.165) is 4.47 Å². The first-order valence-corrected chi connectivity index (χ1v) is 7.93. The number of benzene rings is 1. The molecule has 7 nitrogen and oxygen atoms in total. The highest BCUT2D eigenvalue weighted by Gasteiger charge is 2.32. The van der Waals surface area contributed by atoms with Crippen molar-refractivity contribution in [3.8, 4) is 0 Å². The Bertz CT molecular complexity index is 608. The Balaban J connectivity index is 1.99. The van der Waals surface area contributed by atoms with Gasteiger partial charge in [0.25, 0.3) is 0 Å². The molecule has 2 amide bonds. The molecular weight excluding hydrogens is 366 g/mol. The molecule has 0 radical (unpaired) electrons. The summed E-state index contributed by atoms with van der Waals surface area (Å²) in [6, 6.07) is 6.54. The number of carbonyl (C=O) groups excluding carboxylic acids is 3. The van der Waals surface area contributed by atoms with Crippen LogP contribution in [0.4, 0.5) is 5.69 Å². The van der Waals surface area contributed by atoms with Gasteiger partial charge in [-0.05, 0) is 18.2 Å². The van der Waals surface area contributed by atoms with Gasteiger partial charge in [-0.2, -0.15) is 0 Å². The number of ether oxygens (including phenoxy) is 1. The molecule has 1 aliphatic rings. The third-order valence-corrected chi connectivity index (χ3v) is 3.98. The van der Waals surface area contributed by atoms with E-state index in [0.29, 0.717) is 18.8 Å². The van der Waals surface area contributed by atoms with E-state index < -0.39 is 12.0 Å². The molecule has 0 unspecified atom stereocenters. The van der Waals surface area contributed by atoms with Crippen LogP contribution in [0.15, 0.2) is 28.7 Å². The lowest BCUT2D eigenvalue weighted by Gasteiger charge is -2.33. The molecule has 23 heavy (non-hydrogen) atoms. The Morgan fingerprint density at radius 1 is 1.48 bits per heavy atom. The van der Waals surface area contributed by atoms with Crippen molar-refractivity contribution in [2.75, 3.05) is 32.1 Å². The number of methoxy groups -OCH3 is 1. The van der Waals surface area contributed by atoms with Gasteiger partial charge < -0.3 is 15.4 Å². The zero-order chi connectivity index (χ0) is 16.8. The van der Waals surface area contributed by atoms with Crippen LogP contribution in [0.3, 0.4) is 0 Å². The highest BCUT2D eigenvalue weighted by Crippen LogP contribution is 2.16. The van der Waals surface area contributed by atoms with Crippen LogP contribution in [0.2, 0.25) is 0 Å². The summed E-state index contributed by atoms with van der Waals surface area (Å²) in [6.07, 6.45) is -0.0769. The number of carbonyl (C=O) groups is 3. The highest BCUT2D eigenvalue weighted by atomic mass is 79.9. The fourth-order valence-electron chi connectivity index (χ4n) is 2.37. The van der Waals surface area contributed by atoms with Crippen LogP contribution < -0.4 is 10.6 Å². The first-order chi connectivity index (χ1) is 11.0. The van der Waals surface area contributed by atoms with Gasteiger partial charge in [-0.1, -0.05) is 22.0 Å². The number of hydrogen-bond acceptors (Lipinski definition) is 5. The van der Waals surface area contributed by atoms with Gasteiger partial charge in [-0.3, -0.25) is 19.3 Å². The maximum atomic E-state index is 12.2. The number of amides is 2. The van der Waals surface area contributed by atoms with E-state index in [4.69, 9.17) is 0 Å². The third kappa shape index (κ3) is 5.04. The summed E-state index contributed by atoms with van der Waals surface area (Å²) >= 11 is 3.34. The molecule has 0 aliphatic carbocycles. The predicted molar refractivity (Wildman–Crippen MR) is 87.8 cm³/mol.